The number of rotatable bonds is 5. The minimum Gasteiger partial charge on any atom is -0.480 e. The highest BCUT2D eigenvalue weighted by atomic mass is 32.2. The molecule has 162 valence electrons. The van der Waals surface area contributed by atoms with Crippen molar-refractivity contribution in [2.75, 3.05) is 43.8 Å². The van der Waals surface area contributed by atoms with E-state index in [9.17, 15) is 8.42 Å². The van der Waals surface area contributed by atoms with E-state index in [-0.39, 0.29) is 17.9 Å². The molecule has 2 aliphatic rings. The third-order valence-corrected chi connectivity index (χ3v) is 7.96. The molecule has 1 atom stereocenters. The van der Waals surface area contributed by atoms with Crippen LogP contribution in [0.25, 0.3) is 11.3 Å². The number of nitrogen functional groups attached to an aromatic ring is 1. The third kappa shape index (κ3) is 3.45. The van der Waals surface area contributed by atoms with E-state index in [0.29, 0.717) is 55.5 Å². The van der Waals surface area contributed by atoms with E-state index in [1.54, 1.807) is 6.07 Å². The summed E-state index contributed by atoms with van der Waals surface area (Å²) in [6, 6.07) is 1.77. The van der Waals surface area contributed by atoms with Gasteiger partial charge in [0.1, 0.15) is 4.75 Å². The van der Waals surface area contributed by atoms with Gasteiger partial charge in [-0.05, 0) is 32.3 Å². The van der Waals surface area contributed by atoms with E-state index in [1.165, 1.54) is 19.6 Å². The van der Waals surface area contributed by atoms with Gasteiger partial charge in [-0.15, -0.1) is 0 Å². The molecule has 1 aliphatic carbocycles. The topological polar surface area (TPSA) is 133 Å². The van der Waals surface area contributed by atoms with Gasteiger partial charge in [0.25, 0.3) is 0 Å². The normalized spacial score (nSPS) is 21.2. The molecular weight excluding hydrogens is 408 g/mol. The van der Waals surface area contributed by atoms with Gasteiger partial charge in [0.05, 0.1) is 43.3 Å². The molecule has 0 radical (unpaired) electrons. The number of hydrogen-bond acceptors (Lipinski definition) is 10. The van der Waals surface area contributed by atoms with Crippen molar-refractivity contribution in [3.8, 4) is 17.1 Å². The number of methoxy groups -OCH3 is 1. The maximum absolute atomic E-state index is 12.7. The van der Waals surface area contributed by atoms with Crippen molar-refractivity contribution < 1.29 is 17.9 Å². The first-order valence-electron chi connectivity index (χ1n) is 9.85. The van der Waals surface area contributed by atoms with Gasteiger partial charge in [0.2, 0.25) is 17.8 Å². The van der Waals surface area contributed by atoms with E-state index in [1.807, 2.05) is 11.8 Å². The SMILES string of the molecule is COc1nc(N)ncc1-c1cc(C2(S(C)(=O)=O)CCC2)nc(N2CCOC[C@@H]2C)n1. The lowest BCUT2D eigenvalue weighted by atomic mass is 9.81. The van der Waals surface area contributed by atoms with Crippen LogP contribution >= 0.6 is 0 Å². The lowest BCUT2D eigenvalue weighted by Crippen LogP contribution is -2.46. The van der Waals surface area contributed by atoms with Crippen molar-refractivity contribution in [3.05, 3.63) is 18.0 Å². The summed E-state index contributed by atoms with van der Waals surface area (Å²) >= 11 is 0. The van der Waals surface area contributed by atoms with Crippen molar-refractivity contribution in [1.82, 2.24) is 19.9 Å². The van der Waals surface area contributed by atoms with Crippen LogP contribution in [0.2, 0.25) is 0 Å². The van der Waals surface area contributed by atoms with Gasteiger partial charge < -0.3 is 20.1 Å². The van der Waals surface area contributed by atoms with Crippen LogP contribution in [-0.2, 0) is 19.3 Å². The largest absolute Gasteiger partial charge is 0.480 e. The second-order valence-electron chi connectivity index (χ2n) is 7.83. The zero-order chi connectivity index (χ0) is 21.5. The molecular formula is C19H26N6O4S. The molecule has 11 heteroatoms. The Morgan fingerprint density at radius 2 is 2.07 bits per heavy atom. The second kappa shape index (κ2) is 7.62. The lowest BCUT2D eigenvalue weighted by Gasteiger charge is -2.40. The molecule has 30 heavy (non-hydrogen) atoms. The Morgan fingerprint density at radius 1 is 1.30 bits per heavy atom. The monoisotopic (exact) mass is 434 g/mol. The number of nitrogens with zero attached hydrogens (tertiary/aromatic N) is 5. The first-order chi connectivity index (χ1) is 14.2. The van der Waals surface area contributed by atoms with Crippen LogP contribution in [0.4, 0.5) is 11.9 Å². The number of nitrogens with two attached hydrogens (primary N) is 1. The van der Waals surface area contributed by atoms with Gasteiger partial charge in [0, 0.05) is 19.0 Å². The Labute approximate surface area is 175 Å². The molecule has 0 bridgehead atoms. The summed E-state index contributed by atoms with van der Waals surface area (Å²) < 4.78 is 35.4. The zero-order valence-corrected chi connectivity index (χ0v) is 18.1. The van der Waals surface area contributed by atoms with E-state index >= 15 is 0 Å². The van der Waals surface area contributed by atoms with Crippen LogP contribution in [0, 0.1) is 0 Å². The van der Waals surface area contributed by atoms with Crippen LogP contribution in [0.3, 0.4) is 0 Å². The van der Waals surface area contributed by atoms with E-state index in [2.05, 4.69) is 9.97 Å². The first kappa shape index (κ1) is 20.7. The third-order valence-electron chi connectivity index (χ3n) is 5.92. The number of hydrogen-bond donors (Lipinski definition) is 1. The molecule has 0 unspecified atom stereocenters. The predicted octanol–water partition coefficient (Wildman–Crippen LogP) is 1.17. The molecule has 2 N–H and O–H groups in total. The fourth-order valence-corrected chi connectivity index (χ4v) is 5.50. The number of anilines is 2. The van der Waals surface area contributed by atoms with E-state index < -0.39 is 14.6 Å². The second-order valence-corrected chi connectivity index (χ2v) is 10.2. The molecule has 0 spiro atoms. The molecule has 0 amide bonds. The van der Waals surface area contributed by atoms with Crippen LogP contribution in [0.5, 0.6) is 5.88 Å². The molecule has 1 aliphatic heterocycles. The molecule has 2 aromatic heterocycles. The summed E-state index contributed by atoms with van der Waals surface area (Å²) in [5.41, 5.74) is 7.22. The fourth-order valence-electron chi connectivity index (χ4n) is 3.98. The smallest absolute Gasteiger partial charge is 0.227 e. The minimum absolute atomic E-state index is 0.0574. The number of aromatic nitrogens is 4. The molecule has 1 saturated heterocycles. The Hall–Kier alpha value is -2.53. The van der Waals surface area contributed by atoms with Gasteiger partial charge in [-0.1, -0.05) is 0 Å². The molecule has 10 nitrogen and oxygen atoms in total. The molecule has 2 fully saturated rings. The molecule has 3 heterocycles. The minimum atomic E-state index is -3.38. The zero-order valence-electron chi connectivity index (χ0n) is 17.3. The Kier molecular flexibility index (Phi) is 5.27. The summed E-state index contributed by atoms with van der Waals surface area (Å²) in [5.74, 6) is 0.820. The molecule has 0 aromatic carbocycles. The number of morpholine rings is 1. The average molecular weight is 435 g/mol. The van der Waals surface area contributed by atoms with Crippen molar-refractivity contribution in [2.24, 2.45) is 0 Å². The van der Waals surface area contributed by atoms with Crippen molar-refractivity contribution in [3.63, 3.8) is 0 Å². The van der Waals surface area contributed by atoms with Crippen LogP contribution in [0.15, 0.2) is 12.3 Å². The highest BCUT2D eigenvalue weighted by Gasteiger charge is 2.49. The van der Waals surface area contributed by atoms with Crippen LogP contribution < -0.4 is 15.4 Å². The molecule has 1 saturated carbocycles. The van der Waals surface area contributed by atoms with Crippen LogP contribution in [-0.4, -0.2) is 67.5 Å². The Morgan fingerprint density at radius 3 is 2.67 bits per heavy atom. The van der Waals surface area contributed by atoms with E-state index in [4.69, 9.17) is 25.2 Å². The number of sulfone groups is 1. The highest BCUT2D eigenvalue weighted by Crippen LogP contribution is 2.48. The summed E-state index contributed by atoms with van der Waals surface area (Å²) in [6.07, 6.45) is 4.72. The fraction of sp³-hybridized carbons (Fsp3) is 0.579. The maximum Gasteiger partial charge on any atom is 0.227 e. The quantitative estimate of drug-likeness (QED) is 0.731. The van der Waals surface area contributed by atoms with Crippen LogP contribution in [0.1, 0.15) is 31.9 Å². The summed E-state index contributed by atoms with van der Waals surface area (Å²) in [7, 11) is -1.89. The summed E-state index contributed by atoms with van der Waals surface area (Å²) in [4.78, 5) is 19.7. The number of ether oxygens (including phenoxy) is 2. The maximum atomic E-state index is 12.7. The van der Waals surface area contributed by atoms with Gasteiger partial charge in [-0.3, -0.25) is 0 Å². The Bertz CT molecular complexity index is 1060. The summed E-state index contributed by atoms with van der Waals surface area (Å²) in [5, 5.41) is 0. The van der Waals surface area contributed by atoms with Gasteiger partial charge >= 0.3 is 0 Å². The van der Waals surface area contributed by atoms with Gasteiger partial charge in [-0.25, -0.2) is 23.4 Å². The first-order valence-corrected chi connectivity index (χ1v) is 11.7. The Balaban J connectivity index is 1.92. The molecule has 4 rings (SSSR count). The van der Waals surface area contributed by atoms with E-state index in [0.717, 1.165) is 6.42 Å². The van der Waals surface area contributed by atoms with Crippen molar-refractivity contribution in [2.45, 2.75) is 37.0 Å². The van der Waals surface area contributed by atoms with Gasteiger partial charge in [-0.2, -0.15) is 4.98 Å². The van der Waals surface area contributed by atoms with Gasteiger partial charge in [0.15, 0.2) is 9.84 Å². The van der Waals surface area contributed by atoms with Crippen molar-refractivity contribution >= 4 is 21.7 Å². The highest BCUT2D eigenvalue weighted by molar-refractivity contribution is 7.91. The average Bonchev–Trinajstić information content (AvgIpc) is 2.66. The summed E-state index contributed by atoms with van der Waals surface area (Å²) in [6.45, 7) is 3.75. The van der Waals surface area contributed by atoms with Crippen molar-refractivity contribution in [1.29, 1.82) is 0 Å². The predicted molar refractivity (Wildman–Crippen MR) is 112 cm³/mol. The standard InChI is InChI=1S/C19H26N6O4S/c1-12-11-29-8-7-25(12)18-22-14(13-10-21-17(20)24-16(13)28-2)9-15(23-18)19(5-4-6-19)30(3,26)27/h9-10,12H,4-8,11H2,1-3H3,(H2,20,21,24)/t12-/m0/s1. The lowest BCUT2D eigenvalue weighted by molar-refractivity contribution is 0.0980. The molecule has 2 aromatic rings.